The van der Waals surface area contributed by atoms with Gasteiger partial charge in [0.2, 0.25) is 0 Å². The molecule has 6 atom stereocenters. The highest BCUT2D eigenvalue weighted by Crippen LogP contribution is 2.65. The van der Waals surface area contributed by atoms with Gasteiger partial charge in [0.1, 0.15) is 5.75 Å². The standard InChI is InChI=1S/C22H30O4/c1-13(20(24)25)12-22(26)10-8-19-18-5-3-14-11-15(23)4-6-16(14)17(18)7-9-21(19,22)2/h4,6,11,13,17-19,23,26H,3,5,7-10,12H2,1-2H3,(H,24,25)/t13?,17-,18-,19+,21+,22?/m1/s1. The van der Waals surface area contributed by atoms with Gasteiger partial charge in [-0.05, 0) is 91.4 Å². The van der Waals surface area contributed by atoms with Crippen molar-refractivity contribution in [3.05, 3.63) is 29.3 Å². The van der Waals surface area contributed by atoms with Crippen molar-refractivity contribution in [2.45, 2.75) is 70.3 Å². The van der Waals surface area contributed by atoms with E-state index in [2.05, 4.69) is 13.0 Å². The summed E-state index contributed by atoms with van der Waals surface area (Å²) in [4.78, 5) is 11.4. The first-order valence-electron chi connectivity index (χ1n) is 10.0. The second-order valence-corrected chi connectivity index (χ2v) is 9.27. The molecule has 0 aliphatic heterocycles. The van der Waals surface area contributed by atoms with E-state index in [1.807, 2.05) is 6.07 Å². The smallest absolute Gasteiger partial charge is 0.306 e. The minimum absolute atomic E-state index is 0.188. The Morgan fingerprint density at radius 2 is 2.04 bits per heavy atom. The number of aryl methyl sites for hydroxylation is 1. The number of carboxylic acids is 1. The van der Waals surface area contributed by atoms with Crippen LogP contribution < -0.4 is 0 Å². The number of rotatable bonds is 3. The molecule has 0 radical (unpaired) electrons. The van der Waals surface area contributed by atoms with Gasteiger partial charge in [-0.1, -0.05) is 19.9 Å². The second kappa shape index (κ2) is 5.98. The first kappa shape index (κ1) is 17.8. The zero-order valence-electron chi connectivity index (χ0n) is 15.7. The molecule has 0 spiro atoms. The molecule has 0 bridgehead atoms. The van der Waals surface area contributed by atoms with E-state index in [-0.39, 0.29) is 5.41 Å². The third kappa shape index (κ3) is 2.49. The van der Waals surface area contributed by atoms with Crippen molar-refractivity contribution in [3.63, 3.8) is 0 Å². The molecular weight excluding hydrogens is 328 g/mol. The molecule has 3 aliphatic carbocycles. The lowest BCUT2D eigenvalue weighted by atomic mass is 9.52. The normalized spacial score (nSPS) is 39.6. The predicted molar refractivity (Wildman–Crippen MR) is 99.1 cm³/mol. The lowest BCUT2D eigenvalue weighted by molar-refractivity contribution is -0.149. The van der Waals surface area contributed by atoms with Crippen molar-refractivity contribution in [3.8, 4) is 5.75 Å². The third-order valence-electron chi connectivity index (χ3n) is 8.10. The first-order valence-corrected chi connectivity index (χ1v) is 10.0. The first-order chi connectivity index (χ1) is 12.2. The van der Waals surface area contributed by atoms with Crippen molar-refractivity contribution in [2.75, 3.05) is 0 Å². The minimum atomic E-state index is -0.865. The van der Waals surface area contributed by atoms with Crippen LogP contribution in [0.1, 0.15) is 69.4 Å². The molecule has 2 fully saturated rings. The summed E-state index contributed by atoms with van der Waals surface area (Å²) in [6, 6.07) is 5.81. The minimum Gasteiger partial charge on any atom is -0.508 e. The molecule has 0 amide bonds. The van der Waals surface area contributed by atoms with Crippen molar-refractivity contribution < 1.29 is 20.1 Å². The molecule has 26 heavy (non-hydrogen) atoms. The van der Waals surface area contributed by atoms with Gasteiger partial charge in [-0.15, -0.1) is 0 Å². The fraction of sp³-hybridized carbons (Fsp3) is 0.682. The van der Waals surface area contributed by atoms with Crippen LogP contribution in [0.5, 0.6) is 5.75 Å². The largest absolute Gasteiger partial charge is 0.508 e. The highest BCUT2D eigenvalue weighted by Gasteiger charge is 2.61. The summed E-state index contributed by atoms with van der Waals surface area (Å²) in [5.41, 5.74) is 1.61. The van der Waals surface area contributed by atoms with Gasteiger partial charge in [0, 0.05) is 0 Å². The zero-order valence-corrected chi connectivity index (χ0v) is 15.7. The highest BCUT2D eigenvalue weighted by atomic mass is 16.4. The number of carboxylic acid groups (broad SMARTS) is 1. The predicted octanol–water partition coefficient (Wildman–Crippen LogP) is 4.09. The van der Waals surface area contributed by atoms with E-state index in [4.69, 9.17) is 0 Å². The summed E-state index contributed by atoms with van der Waals surface area (Å²) in [7, 11) is 0. The third-order valence-corrected chi connectivity index (χ3v) is 8.10. The number of benzene rings is 1. The van der Waals surface area contributed by atoms with Crippen LogP contribution >= 0.6 is 0 Å². The lowest BCUT2D eigenvalue weighted by Crippen LogP contribution is -2.51. The van der Waals surface area contributed by atoms with E-state index >= 15 is 0 Å². The van der Waals surface area contributed by atoms with Crippen molar-refractivity contribution >= 4 is 5.97 Å². The van der Waals surface area contributed by atoms with Gasteiger partial charge >= 0.3 is 5.97 Å². The maximum atomic E-state index is 11.5. The van der Waals surface area contributed by atoms with E-state index in [0.29, 0.717) is 29.9 Å². The maximum Gasteiger partial charge on any atom is 0.306 e. The Kier molecular flexibility index (Phi) is 4.11. The van der Waals surface area contributed by atoms with Crippen LogP contribution in [-0.2, 0) is 11.2 Å². The van der Waals surface area contributed by atoms with E-state index in [1.54, 1.807) is 13.0 Å². The zero-order chi connectivity index (χ0) is 18.7. The van der Waals surface area contributed by atoms with Crippen molar-refractivity contribution in [2.24, 2.45) is 23.2 Å². The average Bonchev–Trinajstić information content (AvgIpc) is 2.85. The Hall–Kier alpha value is -1.55. The van der Waals surface area contributed by atoms with Crippen molar-refractivity contribution in [1.29, 1.82) is 0 Å². The number of hydrogen-bond donors (Lipinski definition) is 3. The molecule has 1 aromatic rings. The number of hydrogen-bond acceptors (Lipinski definition) is 3. The van der Waals surface area contributed by atoms with E-state index in [1.165, 1.54) is 11.1 Å². The van der Waals surface area contributed by atoms with Gasteiger partial charge in [-0.2, -0.15) is 0 Å². The molecule has 3 N–H and O–H groups in total. The molecule has 4 nitrogen and oxygen atoms in total. The number of aliphatic carboxylic acids is 1. The fourth-order valence-corrected chi connectivity index (χ4v) is 6.61. The van der Waals surface area contributed by atoms with Gasteiger partial charge < -0.3 is 15.3 Å². The topological polar surface area (TPSA) is 77.8 Å². The Morgan fingerprint density at radius 3 is 2.77 bits per heavy atom. The molecule has 2 saturated carbocycles. The SMILES string of the molecule is CC(CC1(O)CC[C@H]2[C@@H]3CCc4cc(O)ccc4[C@H]3CC[C@@]21C)C(=O)O. The monoisotopic (exact) mass is 358 g/mol. The number of carbonyl (C=O) groups is 1. The Morgan fingerprint density at radius 1 is 1.27 bits per heavy atom. The molecule has 4 heteroatoms. The van der Waals surface area contributed by atoms with E-state index in [0.717, 1.165) is 38.5 Å². The molecule has 142 valence electrons. The van der Waals surface area contributed by atoms with E-state index in [9.17, 15) is 20.1 Å². The van der Waals surface area contributed by atoms with Crippen molar-refractivity contribution in [1.82, 2.24) is 0 Å². The van der Waals surface area contributed by atoms with Crippen LogP contribution in [0.2, 0.25) is 0 Å². The van der Waals surface area contributed by atoms with Gasteiger partial charge in [0.15, 0.2) is 0 Å². The molecule has 3 aliphatic rings. The average molecular weight is 358 g/mol. The summed E-state index contributed by atoms with van der Waals surface area (Å²) < 4.78 is 0. The maximum absolute atomic E-state index is 11.5. The molecular formula is C22H30O4. The summed E-state index contributed by atoms with van der Waals surface area (Å²) in [5, 5.41) is 30.6. The van der Waals surface area contributed by atoms with Crippen LogP contribution in [0.25, 0.3) is 0 Å². The van der Waals surface area contributed by atoms with Crippen LogP contribution in [-0.4, -0.2) is 26.9 Å². The van der Waals surface area contributed by atoms with Crippen LogP contribution in [0.4, 0.5) is 0 Å². The summed E-state index contributed by atoms with van der Waals surface area (Å²) in [6.45, 7) is 3.92. The number of aliphatic hydroxyl groups is 1. The van der Waals surface area contributed by atoms with E-state index < -0.39 is 17.5 Å². The summed E-state index contributed by atoms with van der Waals surface area (Å²) >= 11 is 0. The molecule has 1 aromatic carbocycles. The van der Waals surface area contributed by atoms with Crippen LogP contribution in [0, 0.1) is 23.2 Å². The van der Waals surface area contributed by atoms with Gasteiger partial charge in [-0.25, -0.2) is 0 Å². The molecule has 4 rings (SSSR count). The summed E-state index contributed by atoms with van der Waals surface area (Å²) in [6.07, 6.45) is 6.15. The number of aromatic hydroxyl groups is 1. The lowest BCUT2D eigenvalue weighted by Gasteiger charge is -2.53. The molecule has 0 saturated heterocycles. The summed E-state index contributed by atoms with van der Waals surface area (Å²) in [5.74, 6) is 0.542. The van der Waals surface area contributed by atoms with Gasteiger partial charge in [0.05, 0.1) is 11.5 Å². The molecule has 2 unspecified atom stereocenters. The number of phenols is 1. The number of phenolic OH excluding ortho intramolecular Hbond substituents is 1. The number of fused-ring (bicyclic) bond motifs is 5. The Bertz CT molecular complexity index is 729. The fourth-order valence-electron chi connectivity index (χ4n) is 6.61. The highest BCUT2D eigenvalue weighted by molar-refractivity contribution is 5.69. The second-order valence-electron chi connectivity index (χ2n) is 9.27. The van der Waals surface area contributed by atoms with Gasteiger partial charge in [0.25, 0.3) is 0 Å². The molecule has 0 aromatic heterocycles. The Balaban J connectivity index is 1.62. The quantitative estimate of drug-likeness (QED) is 0.760. The molecule has 0 heterocycles. The Labute approximate surface area is 155 Å². The van der Waals surface area contributed by atoms with Crippen LogP contribution in [0.15, 0.2) is 18.2 Å². The van der Waals surface area contributed by atoms with Gasteiger partial charge in [-0.3, -0.25) is 4.79 Å². The van der Waals surface area contributed by atoms with Crippen LogP contribution in [0.3, 0.4) is 0 Å².